The van der Waals surface area contributed by atoms with Gasteiger partial charge in [0.25, 0.3) is 5.56 Å². The van der Waals surface area contributed by atoms with Crippen molar-refractivity contribution in [1.82, 2.24) is 24.3 Å². The van der Waals surface area contributed by atoms with Crippen LogP contribution < -0.4 is 16.6 Å². The molecule has 21 heavy (non-hydrogen) atoms. The third-order valence-corrected chi connectivity index (χ3v) is 4.69. The van der Waals surface area contributed by atoms with Crippen molar-refractivity contribution in [1.29, 1.82) is 0 Å². The Balaban J connectivity index is 1.65. The van der Waals surface area contributed by atoms with Crippen LogP contribution in [0.2, 0.25) is 0 Å². The fourth-order valence-electron chi connectivity index (χ4n) is 2.98. The molecule has 7 nitrogen and oxygen atoms in total. The van der Waals surface area contributed by atoms with Crippen molar-refractivity contribution in [3.63, 3.8) is 0 Å². The zero-order valence-electron chi connectivity index (χ0n) is 12.7. The number of nitrogens with zero attached hydrogens (tertiary/aromatic N) is 4. The lowest BCUT2D eigenvalue weighted by Crippen LogP contribution is -2.61. The van der Waals surface area contributed by atoms with E-state index in [1.807, 2.05) is 0 Å². The minimum Gasteiger partial charge on any atom is -0.314 e. The molecule has 2 aliphatic heterocycles. The molecular formula is C14H23N5O2. The molecule has 0 aliphatic carbocycles. The van der Waals surface area contributed by atoms with Crippen molar-refractivity contribution < 1.29 is 0 Å². The fourth-order valence-corrected chi connectivity index (χ4v) is 2.98. The number of hydrogen-bond donors (Lipinski definition) is 1. The van der Waals surface area contributed by atoms with Gasteiger partial charge in [0.15, 0.2) is 0 Å². The van der Waals surface area contributed by atoms with Crippen LogP contribution in [0.15, 0.2) is 15.7 Å². The van der Waals surface area contributed by atoms with Gasteiger partial charge in [-0.2, -0.15) is 0 Å². The molecule has 7 heteroatoms. The molecule has 0 atom stereocenters. The quantitative estimate of drug-likeness (QED) is 0.711. The summed E-state index contributed by atoms with van der Waals surface area (Å²) in [6.07, 6.45) is 0. The molecule has 2 aliphatic rings. The Morgan fingerprint density at radius 1 is 1.10 bits per heavy atom. The molecule has 0 saturated carbocycles. The minimum atomic E-state index is -0.253. The average molecular weight is 293 g/mol. The molecule has 0 amide bonds. The molecule has 0 radical (unpaired) electrons. The fraction of sp³-hybridized carbons (Fsp3) is 0.714. The first-order valence-corrected chi connectivity index (χ1v) is 7.49. The Morgan fingerprint density at radius 2 is 1.76 bits per heavy atom. The van der Waals surface area contributed by atoms with Gasteiger partial charge in [0, 0.05) is 77.7 Å². The van der Waals surface area contributed by atoms with E-state index >= 15 is 0 Å². The second-order valence-corrected chi connectivity index (χ2v) is 6.00. The van der Waals surface area contributed by atoms with Crippen LogP contribution in [0, 0.1) is 0 Å². The third-order valence-electron chi connectivity index (χ3n) is 4.69. The van der Waals surface area contributed by atoms with Gasteiger partial charge in [-0.05, 0) is 0 Å². The first kappa shape index (κ1) is 14.5. The summed E-state index contributed by atoms with van der Waals surface area (Å²) in [4.78, 5) is 28.5. The molecule has 2 saturated heterocycles. The van der Waals surface area contributed by atoms with E-state index < -0.39 is 0 Å². The highest BCUT2D eigenvalue weighted by Crippen LogP contribution is 2.11. The van der Waals surface area contributed by atoms with E-state index in [4.69, 9.17) is 0 Å². The van der Waals surface area contributed by atoms with Crippen LogP contribution in [-0.2, 0) is 20.6 Å². The third kappa shape index (κ3) is 2.81. The Labute approximate surface area is 123 Å². The molecule has 0 spiro atoms. The lowest BCUT2D eigenvalue weighted by atomic mass is 10.1. The van der Waals surface area contributed by atoms with Crippen LogP contribution in [-0.4, -0.2) is 64.2 Å². The highest BCUT2D eigenvalue weighted by molar-refractivity contribution is 5.02. The standard InChI is InChI=1S/C14H23N5O2/c1-16-11(7-13(20)17(2)14(16)21)10-18-3-5-19(6-4-18)12-8-15-9-12/h7,12,15H,3-6,8-10H2,1-2H3. The van der Waals surface area contributed by atoms with Gasteiger partial charge < -0.3 is 5.32 Å². The summed E-state index contributed by atoms with van der Waals surface area (Å²) in [7, 11) is 3.24. The molecule has 0 bridgehead atoms. The van der Waals surface area contributed by atoms with Gasteiger partial charge in [-0.25, -0.2) is 4.79 Å². The highest BCUT2D eigenvalue weighted by Gasteiger charge is 2.27. The van der Waals surface area contributed by atoms with Crippen molar-refractivity contribution in [2.45, 2.75) is 12.6 Å². The van der Waals surface area contributed by atoms with E-state index in [0.29, 0.717) is 12.6 Å². The predicted molar refractivity (Wildman–Crippen MR) is 80.4 cm³/mol. The summed E-state index contributed by atoms with van der Waals surface area (Å²) >= 11 is 0. The average Bonchev–Trinajstić information content (AvgIpc) is 2.42. The maximum atomic E-state index is 11.9. The van der Waals surface area contributed by atoms with E-state index in [0.717, 1.165) is 49.5 Å². The number of rotatable bonds is 3. The normalized spacial score (nSPS) is 21.4. The Hall–Kier alpha value is -1.44. The van der Waals surface area contributed by atoms with Crippen molar-refractivity contribution in [2.24, 2.45) is 14.1 Å². The monoisotopic (exact) mass is 293 g/mol. The van der Waals surface area contributed by atoms with E-state index in [2.05, 4.69) is 15.1 Å². The number of aromatic nitrogens is 2. The summed E-state index contributed by atoms with van der Waals surface area (Å²) in [5, 5.41) is 3.30. The molecule has 3 heterocycles. The summed E-state index contributed by atoms with van der Waals surface area (Å²) in [6, 6.07) is 2.27. The molecule has 2 fully saturated rings. The lowest BCUT2D eigenvalue weighted by Gasteiger charge is -2.43. The molecular weight excluding hydrogens is 270 g/mol. The molecule has 3 rings (SSSR count). The van der Waals surface area contributed by atoms with Gasteiger partial charge in [-0.15, -0.1) is 0 Å². The molecule has 1 aromatic heterocycles. The SMILES string of the molecule is Cn1c(CN2CCN(C3CNC3)CC2)cc(=O)n(C)c1=O. The van der Waals surface area contributed by atoms with Crippen LogP contribution >= 0.6 is 0 Å². The largest absolute Gasteiger partial charge is 0.330 e. The molecule has 1 N–H and O–H groups in total. The predicted octanol–water partition coefficient (Wildman–Crippen LogP) is -1.83. The van der Waals surface area contributed by atoms with E-state index in [-0.39, 0.29) is 11.2 Å². The highest BCUT2D eigenvalue weighted by atomic mass is 16.2. The van der Waals surface area contributed by atoms with Crippen LogP contribution in [0.1, 0.15) is 5.69 Å². The van der Waals surface area contributed by atoms with Gasteiger partial charge in [0.1, 0.15) is 0 Å². The van der Waals surface area contributed by atoms with Crippen molar-refractivity contribution in [3.05, 3.63) is 32.6 Å². The maximum absolute atomic E-state index is 11.9. The summed E-state index contributed by atoms with van der Waals surface area (Å²) in [5.74, 6) is 0. The number of hydrogen-bond acceptors (Lipinski definition) is 5. The molecule has 0 aromatic carbocycles. The minimum absolute atomic E-state index is 0.229. The van der Waals surface area contributed by atoms with E-state index in [9.17, 15) is 9.59 Å². The maximum Gasteiger partial charge on any atom is 0.330 e. The van der Waals surface area contributed by atoms with Gasteiger partial charge >= 0.3 is 5.69 Å². The summed E-state index contributed by atoms with van der Waals surface area (Å²) in [5.41, 5.74) is 0.311. The van der Waals surface area contributed by atoms with E-state index in [1.54, 1.807) is 17.7 Å². The smallest absolute Gasteiger partial charge is 0.314 e. The topological polar surface area (TPSA) is 62.5 Å². The van der Waals surface area contributed by atoms with Crippen LogP contribution in [0.3, 0.4) is 0 Å². The Morgan fingerprint density at radius 3 is 2.33 bits per heavy atom. The number of nitrogens with one attached hydrogen (secondary N) is 1. The molecule has 0 unspecified atom stereocenters. The molecule has 1 aromatic rings. The summed E-state index contributed by atoms with van der Waals surface area (Å²) < 4.78 is 2.72. The van der Waals surface area contributed by atoms with Gasteiger partial charge in [0.2, 0.25) is 0 Å². The zero-order valence-corrected chi connectivity index (χ0v) is 12.7. The van der Waals surface area contributed by atoms with E-state index in [1.165, 1.54) is 7.05 Å². The van der Waals surface area contributed by atoms with Gasteiger partial charge in [-0.1, -0.05) is 0 Å². The van der Waals surface area contributed by atoms with Crippen molar-refractivity contribution in [3.8, 4) is 0 Å². The second kappa shape index (κ2) is 5.75. The number of piperazine rings is 1. The van der Waals surface area contributed by atoms with Crippen molar-refractivity contribution >= 4 is 0 Å². The van der Waals surface area contributed by atoms with Crippen LogP contribution in [0.4, 0.5) is 0 Å². The van der Waals surface area contributed by atoms with Gasteiger partial charge in [-0.3, -0.25) is 23.7 Å². The first-order valence-electron chi connectivity index (χ1n) is 7.49. The van der Waals surface area contributed by atoms with Crippen LogP contribution in [0.25, 0.3) is 0 Å². The zero-order chi connectivity index (χ0) is 15.0. The van der Waals surface area contributed by atoms with Gasteiger partial charge in [0.05, 0.1) is 0 Å². The van der Waals surface area contributed by atoms with Crippen LogP contribution in [0.5, 0.6) is 0 Å². The summed E-state index contributed by atoms with van der Waals surface area (Å²) in [6.45, 7) is 6.96. The molecule has 116 valence electrons. The second-order valence-electron chi connectivity index (χ2n) is 6.00. The Kier molecular flexibility index (Phi) is 3.97. The Bertz CT molecular complexity index is 623. The first-order chi connectivity index (χ1) is 10.1. The lowest BCUT2D eigenvalue weighted by molar-refractivity contribution is 0.0684. The van der Waals surface area contributed by atoms with Crippen molar-refractivity contribution in [2.75, 3.05) is 39.3 Å².